The molecule has 2 heterocycles. The van der Waals surface area contributed by atoms with Crippen molar-refractivity contribution in [1.82, 2.24) is 0 Å². The molecule has 0 aliphatic rings. The number of furan rings is 2. The zero-order valence-corrected chi connectivity index (χ0v) is 21.6. The predicted molar refractivity (Wildman–Crippen MR) is 156 cm³/mol. The zero-order valence-electron chi connectivity index (χ0n) is 21.6. The number of nitrogens with zero attached hydrogens (tertiary/aromatic N) is 2. The van der Waals surface area contributed by atoms with Crippen LogP contribution in [0.4, 0.5) is 11.4 Å². The van der Waals surface area contributed by atoms with Crippen LogP contribution in [0.3, 0.4) is 0 Å². The van der Waals surface area contributed by atoms with Gasteiger partial charge in [-0.05, 0) is 81.9 Å². The van der Waals surface area contributed by atoms with Crippen LogP contribution in [0, 0.1) is 0 Å². The Morgan fingerprint density at radius 2 is 0.921 bits per heavy atom. The summed E-state index contributed by atoms with van der Waals surface area (Å²) >= 11 is 0. The lowest BCUT2D eigenvalue weighted by Gasteiger charge is -2.08. The Labute approximate surface area is 223 Å². The van der Waals surface area contributed by atoms with Crippen LogP contribution in [0.1, 0.15) is 48.3 Å². The molecule has 5 aromatic rings. The third kappa shape index (κ3) is 6.74. The van der Waals surface area contributed by atoms with Crippen molar-refractivity contribution in [1.29, 1.82) is 0 Å². The molecular weight excluding hydrogens is 468 g/mol. The Morgan fingerprint density at radius 3 is 1.26 bits per heavy atom. The fourth-order valence-electron chi connectivity index (χ4n) is 4.22. The second-order valence-electron chi connectivity index (χ2n) is 9.31. The van der Waals surface area contributed by atoms with Gasteiger partial charge in [0.15, 0.2) is 0 Å². The molecule has 4 heteroatoms. The van der Waals surface area contributed by atoms with E-state index in [4.69, 9.17) is 8.83 Å². The van der Waals surface area contributed by atoms with Gasteiger partial charge < -0.3 is 8.83 Å². The van der Waals surface area contributed by atoms with Gasteiger partial charge in [0.25, 0.3) is 0 Å². The molecule has 0 N–H and O–H groups in total. The SMILES string of the molecule is CC(C=c1ccc(=CC(C)c2ccc(N=Cc3ccco3)cc2)cc1)c1ccc(N=Cc2ccco2)cc1. The summed E-state index contributed by atoms with van der Waals surface area (Å²) in [5.41, 5.74) is 4.32. The lowest BCUT2D eigenvalue weighted by Crippen LogP contribution is -2.09. The standard InChI is InChI=1S/C34H30N2O2/c1-25(29-11-15-31(16-12-29)35-23-33-5-3-19-37-33)21-27-7-9-28(10-8-27)22-26(2)30-13-17-32(18-14-30)36-24-34-6-4-20-38-34/h3-26H,1-2H3. The molecule has 0 bridgehead atoms. The van der Waals surface area contributed by atoms with E-state index in [0.717, 1.165) is 22.9 Å². The van der Waals surface area contributed by atoms with Crippen LogP contribution in [0.15, 0.2) is 128 Å². The molecular formula is C34H30N2O2. The summed E-state index contributed by atoms with van der Waals surface area (Å²) in [6.07, 6.45) is 11.3. The predicted octanol–water partition coefficient (Wildman–Crippen LogP) is 7.54. The molecule has 2 atom stereocenters. The number of hydrogen-bond donors (Lipinski definition) is 0. The molecule has 3 aromatic carbocycles. The van der Waals surface area contributed by atoms with E-state index in [1.165, 1.54) is 21.6 Å². The Bertz CT molecular complexity index is 1460. The monoisotopic (exact) mass is 498 g/mol. The normalized spacial score (nSPS) is 13.1. The summed E-state index contributed by atoms with van der Waals surface area (Å²) in [7, 11) is 0. The van der Waals surface area contributed by atoms with E-state index >= 15 is 0 Å². The summed E-state index contributed by atoms with van der Waals surface area (Å²) in [5, 5.41) is 2.42. The third-order valence-corrected chi connectivity index (χ3v) is 6.43. The van der Waals surface area contributed by atoms with Crippen molar-refractivity contribution in [2.45, 2.75) is 25.7 Å². The molecule has 0 saturated carbocycles. The minimum atomic E-state index is 0.292. The zero-order chi connectivity index (χ0) is 26.2. The number of benzene rings is 3. The fourth-order valence-corrected chi connectivity index (χ4v) is 4.22. The molecule has 38 heavy (non-hydrogen) atoms. The van der Waals surface area contributed by atoms with Gasteiger partial charge in [0, 0.05) is 0 Å². The number of rotatable bonds is 8. The molecule has 0 saturated heterocycles. The molecule has 0 aliphatic heterocycles. The molecule has 0 amide bonds. The van der Waals surface area contributed by atoms with E-state index in [1.54, 1.807) is 25.0 Å². The van der Waals surface area contributed by atoms with Crippen molar-refractivity contribution < 1.29 is 8.83 Å². The van der Waals surface area contributed by atoms with Gasteiger partial charge in [-0.25, -0.2) is 0 Å². The maximum atomic E-state index is 5.29. The third-order valence-electron chi connectivity index (χ3n) is 6.43. The molecule has 0 aliphatic carbocycles. The fraction of sp³-hybridized carbons (Fsp3) is 0.118. The van der Waals surface area contributed by atoms with E-state index in [9.17, 15) is 0 Å². The average Bonchev–Trinajstić information content (AvgIpc) is 3.67. The van der Waals surface area contributed by atoms with Gasteiger partial charge in [0.2, 0.25) is 0 Å². The average molecular weight is 499 g/mol. The molecule has 2 unspecified atom stereocenters. The first kappa shape index (κ1) is 25.0. The molecule has 2 aromatic heterocycles. The highest BCUT2D eigenvalue weighted by Crippen LogP contribution is 2.22. The summed E-state index contributed by atoms with van der Waals surface area (Å²) in [6, 6.07) is 32.9. The molecule has 188 valence electrons. The first-order valence-electron chi connectivity index (χ1n) is 12.8. The second-order valence-corrected chi connectivity index (χ2v) is 9.31. The summed E-state index contributed by atoms with van der Waals surface area (Å²) in [6.45, 7) is 4.43. The molecule has 4 nitrogen and oxygen atoms in total. The minimum absolute atomic E-state index is 0.292. The van der Waals surface area contributed by atoms with Crippen LogP contribution in [-0.4, -0.2) is 12.4 Å². The van der Waals surface area contributed by atoms with Crippen molar-refractivity contribution in [3.05, 3.63) is 143 Å². The van der Waals surface area contributed by atoms with Crippen LogP contribution < -0.4 is 10.4 Å². The first-order chi connectivity index (χ1) is 18.6. The van der Waals surface area contributed by atoms with Gasteiger partial charge in [0.1, 0.15) is 11.5 Å². The van der Waals surface area contributed by atoms with Crippen LogP contribution in [0.2, 0.25) is 0 Å². The molecule has 0 spiro atoms. The molecule has 0 fully saturated rings. The smallest absolute Gasteiger partial charge is 0.144 e. The van der Waals surface area contributed by atoms with Gasteiger partial charge in [-0.1, -0.05) is 74.5 Å². The van der Waals surface area contributed by atoms with E-state index in [0.29, 0.717) is 11.8 Å². The molecule has 0 radical (unpaired) electrons. The summed E-state index contributed by atoms with van der Waals surface area (Å²) in [4.78, 5) is 8.94. The van der Waals surface area contributed by atoms with Gasteiger partial charge in [-0.15, -0.1) is 0 Å². The lowest BCUT2D eigenvalue weighted by atomic mass is 9.98. The van der Waals surface area contributed by atoms with E-state index in [-0.39, 0.29) is 0 Å². The second kappa shape index (κ2) is 12.0. The maximum absolute atomic E-state index is 5.29. The lowest BCUT2D eigenvalue weighted by molar-refractivity contribution is 0.560. The largest absolute Gasteiger partial charge is 0.463 e. The Morgan fingerprint density at radius 1 is 0.526 bits per heavy atom. The van der Waals surface area contributed by atoms with Crippen LogP contribution in [0.5, 0.6) is 0 Å². The molecule has 5 rings (SSSR count). The first-order valence-corrected chi connectivity index (χ1v) is 12.8. The van der Waals surface area contributed by atoms with Gasteiger partial charge in [-0.2, -0.15) is 0 Å². The van der Waals surface area contributed by atoms with Crippen LogP contribution in [0.25, 0.3) is 12.2 Å². The van der Waals surface area contributed by atoms with Crippen molar-refractivity contribution >= 4 is 36.0 Å². The van der Waals surface area contributed by atoms with E-state index in [1.807, 2.05) is 48.5 Å². The van der Waals surface area contributed by atoms with Crippen molar-refractivity contribution in [2.24, 2.45) is 9.98 Å². The number of hydrogen-bond acceptors (Lipinski definition) is 4. The van der Waals surface area contributed by atoms with Gasteiger partial charge in [0.05, 0.1) is 36.3 Å². The Kier molecular flexibility index (Phi) is 7.90. The topological polar surface area (TPSA) is 51.0 Å². The summed E-state index contributed by atoms with van der Waals surface area (Å²) < 4.78 is 10.6. The van der Waals surface area contributed by atoms with Gasteiger partial charge >= 0.3 is 0 Å². The minimum Gasteiger partial charge on any atom is -0.463 e. The van der Waals surface area contributed by atoms with Crippen LogP contribution in [-0.2, 0) is 0 Å². The van der Waals surface area contributed by atoms with Crippen molar-refractivity contribution in [2.75, 3.05) is 0 Å². The number of aliphatic imine (C=N–C) groups is 2. The van der Waals surface area contributed by atoms with E-state index in [2.05, 4.69) is 84.5 Å². The van der Waals surface area contributed by atoms with Gasteiger partial charge in [-0.3, -0.25) is 9.98 Å². The van der Waals surface area contributed by atoms with E-state index < -0.39 is 0 Å². The van der Waals surface area contributed by atoms with Crippen molar-refractivity contribution in [3.8, 4) is 0 Å². The highest BCUT2D eigenvalue weighted by Gasteiger charge is 2.03. The quantitative estimate of drug-likeness (QED) is 0.208. The maximum Gasteiger partial charge on any atom is 0.144 e. The van der Waals surface area contributed by atoms with Crippen molar-refractivity contribution in [3.63, 3.8) is 0 Å². The Hall–Kier alpha value is -4.70. The van der Waals surface area contributed by atoms with Crippen LogP contribution >= 0.6 is 0 Å². The Balaban J connectivity index is 1.22. The highest BCUT2D eigenvalue weighted by molar-refractivity contribution is 5.79. The summed E-state index contributed by atoms with van der Waals surface area (Å²) in [5.74, 6) is 2.08. The highest BCUT2D eigenvalue weighted by atomic mass is 16.3.